The van der Waals surface area contributed by atoms with Gasteiger partial charge in [0.15, 0.2) is 0 Å². The minimum atomic E-state index is -0.746. The van der Waals surface area contributed by atoms with Crippen LogP contribution in [0.1, 0.15) is 30.9 Å². The van der Waals surface area contributed by atoms with E-state index in [0.717, 1.165) is 24.3 Å². The number of fused-ring (bicyclic) bond motifs is 1. The predicted octanol–water partition coefficient (Wildman–Crippen LogP) is 2.31. The van der Waals surface area contributed by atoms with E-state index in [0.29, 0.717) is 12.5 Å². The molecule has 0 saturated heterocycles. The van der Waals surface area contributed by atoms with Gasteiger partial charge in [-0.2, -0.15) is 0 Å². The van der Waals surface area contributed by atoms with E-state index in [4.69, 9.17) is 9.84 Å². The summed E-state index contributed by atoms with van der Waals surface area (Å²) in [4.78, 5) is 13.2. The Bertz CT molecular complexity index is 470. The van der Waals surface area contributed by atoms with Gasteiger partial charge in [0.05, 0.1) is 13.2 Å². The van der Waals surface area contributed by atoms with Crippen LogP contribution in [0.25, 0.3) is 0 Å². The molecule has 4 heteroatoms. The maximum atomic E-state index is 11.1. The van der Waals surface area contributed by atoms with Crippen LogP contribution in [0, 0.1) is 5.92 Å². The molecule has 4 nitrogen and oxygen atoms in total. The van der Waals surface area contributed by atoms with Crippen LogP contribution in [0.3, 0.4) is 0 Å². The monoisotopic (exact) mass is 261 g/mol. The van der Waals surface area contributed by atoms with Gasteiger partial charge in [-0.15, -0.1) is 0 Å². The largest absolute Gasteiger partial charge is 0.493 e. The van der Waals surface area contributed by atoms with Gasteiger partial charge in [0.1, 0.15) is 5.75 Å². The van der Waals surface area contributed by atoms with E-state index in [9.17, 15) is 4.79 Å². The maximum absolute atomic E-state index is 11.1. The van der Waals surface area contributed by atoms with Gasteiger partial charge in [-0.05, 0) is 24.8 Å². The van der Waals surface area contributed by atoms with Gasteiger partial charge in [-0.25, -0.2) is 0 Å². The van der Waals surface area contributed by atoms with Crippen molar-refractivity contribution in [3.8, 4) is 5.75 Å². The van der Waals surface area contributed by atoms with Crippen molar-refractivity contribution in [2.75, 3.05) is 19.7 Å². The molecular weight excluding hydrogens is 242 g/mol. The highest BCUT2D eigenvalue weighted by atomic mass is 16.5. The van der Waals surface area contributed by atoms with Crippen molar-refractivity contribution in [1.29, 1.82) is 0 Å². The van der Waals surface area contributed by atoms with Gasteiger partial charge < -0.3 is 9.84 Å². The van der Waals surface area contributed by atoms with Crippen molar-refractivity contribution in [2.24, 2.45) is 5.92 Å². The summed E-state index contributed by atoms with van der Waals surface area (Å²) in [5, 5.41) is 9.12. The highest BCUT2D eigenvalue weighted by Crippen LogP contribution is 2.38. The average Bonchev–Trinajstić information content (AvgIpc) is 3.21. The zero-order valence-electron chi connectivity index (χ0n) is 10.9. The average molecular weight is 261 g/mol. The second kappa shape index (κ2) is 5.21. The Morgan fingerprint density at radius 2 is 2.11 bits per heavy atom. The standard InChI is InChI=1S/C15H19NO3/c17-15(18)10-16(9-11-5-6-11)13-7-8-19-14-4-2-1-3-12(13)14/h1-4,11,13H,5-10H2,(H,17,18). The normalized spacial score (nSPS) is 21.8. The van der Waals surface area contributed by atoms with Crippen LogP contribution in [0.5, 0.6) is 5.75 Å². The Kier molecular flexibility index (Phi) is 3.42. The lowest BCUT2D eigenvalue weighted by Gasteiger charge is -2.34. The predicted molar refractivity (Wildman–Crippen MR) is 71.2 cm³/mol. The fraction of sp³-hybridized carbons (Fsp3) is 0.533. The Morgan fingerprint density at radius 1 is 1.32 bits per heavy atom. The first-order valence-corrected chi connectivity index (χ1v) is 6.91. The lowest BCUT2D eigenvalue weighted by Crippen LogP contribution is -2.37. The second-order valence-electron chi connectivity index (χ2n) is 5.46. The number of benzene rings is 1. The van der Waals surface area contributed by atoms with Crippen molar-refractivity contribution in [3.05, 3.63) is 29.8 Å². The molecule has 1 heterocycles. The summed E-state index contributed by atoms with van der Waals surface area (Å²) in [5.74, 6) is 0.851. The molecule has 0 radical (unpaired) electrons. The summed E-state index contributed by atoms with van der Waals surface area (Å²) >= 11 is 0. The number of rotatable bonds is 5. The fourth-order valence-electron chi connectivity index (χ4n) is 2.81. The molecule has 19 heavy (non-hydrogen) atoms. The number of nitrogens with zero attached hydrogens (tertiary/aromatic N) is 1. The zero-order valence-corrected chi connectivity index (χ0v) is 10.9. The molecule has 1 aromatic carbocycles. The number of hydrogen-bond donors (Lipinski definition) is 1. The Morgan fingerprint density at radius 3 is 2.84 bits per heavy atom. The summed E-state index contributed by atoms with van der Waals surface area (Å²) in [6.45, 7) is 1.68. The van der Waals surface area contributed by atoms with Crippen LogP contribution in [-0.2, 0) is 4.79 Å². The number of carbonyl (C=O) groups is 1. The second-order valence-corrected chi connectivity index (χ2v) is 5.46. The SMILES string of the molecule is O=C(O)CN(CC1CC1)C1CCOc2ccccc21. The van der Waals surface area contributed by atoms with Crippen LogP contribution in [0.2, 0.25) is 0 Å². The summed E-state index contributed by atoms with van der Waals surface area (Å²) in [6.07, 6.45) is 3.35. The van der Waals surface area contributed by atoms with Gasteiger partial charge in [-0.1, -0.05) is 18.2 Å². The minimum absolute atomic E-state index is 0.121. The molecule has 0 amide bonds. The third-order valence-corrected chi connectivity index (χ3v) is 3.90. The molecule has 3 rings (SSSR count). The topological polar surface area (TPSA) is 49.8 Å². The molecule has 1 unspecified atom stereocenters. The molecule has 1 atom stereocenters. The number of para-hydroxylation sites is 1. The molecular formula is C15H19NO3. The fourth-order valence-corrected chi connectivity index (χ4v) is 2.81. The van der Waals surface area contributed by atoms with Crippen LogP contribution in [-0.4, -0.2) is 35.7 Å². The zero-order chi connectivity index (χ0) is 13.2. The van der Waals surface area contributed by atoms with Crippen molar-refractivity contribution >= 4 is 5.97 Å². The summed E-state index contributed by atoms with van der Waals surface area (Å²) in [5.41, 5.74) is 1.13. The minimum Gasteiger partial charge on any atom is -0.493 e. The first kappa shape index (κ1) is 12.5. The lowest BCUT2D eigenvalue weighted by molar-refractivity contribution is -0.139. The van der Waals surface area contributed by atoms with Gasteiger partial charge >= 0.3 is 5.97 Å². The van der Waals surface area contributed by atoms with Gasteiger partial charge in [0, 0.05) is 24.6 Å². The van der Waals surface area contributed by atoms with Crippen LogP contribution in [0.4, 0.5) is 0 Å². The number of ether oxygens (including phenoxy) is 1. The molecule has 0 aromatic heterocycles. The first-order valence-electron chi connectivity index (χ1n) is 6.91. The summed E-state index contributed by atoms with van der Waals surface area (Å²) in [6, 6.07) is 8.17. The molecule has 0 bridgehead atoms. The molecule has 102 valence electrons. The summed E-state index contributed by atoms with van der Waals surface area (Å²) in [7, 11) is 0. The van der Waals surface area contributed by atoms with Crippen LogP contribution in [0.15, 0.2) is 24.3 Å². The van der Waals surface area contributed by atoms with Gasteiger partial charge in [0.25, 0.3) is 0 Å². The van der Waals surface area contributed by atoms with E-state index in [1.165, 1.54) is 12.8 Å². The Hall–Kier alpha value is -1.55. The maximum Gasteiger partial charge on any atom is 0.317 e. The lowest BCUT2D eigenvalue weighted by atomic mass is 9.98. The first-order chi connectivity index (χ1) is 9.24. The highest BCUT2D eigenvalue weighted by molar-refractivity contribution is 5.69. The third-order valence-electron chi connectivity index (χ3n) is 3.90. The number of hydrogen-bond acceptors (Lipinski definition) is 3. The highest BCUT2D eigenvalue weighted by Gasteiger charge is 2.32. The molecule has 1 N–H and O–H groups in total. The van der Waals surface area contributed by atoms with Crippen molar-refractivity contribution in [3.63, 3.8) is 0 Å². The number of aliphatic carboxylic acids is 1. The van der Waals surface area contributed by atoms with E-state index in [2.05, 4.69) is 11.0 Å². The van der Waals surface area contributed by atoms with E-state index < -0.39 is 5.97 Å². The smallest absolute Gasteiger partial charge is 0.317 e. The molecule has 2 aliphatic rings. The quantitative estimate of drug-likeness (QED) is 0.883. The molecule has 1 aliphatic carbocycles. The van der Waals surface area contributed by atoms with E-state index in [-0.39, 0.29) is 12.6 Å². The Balaban J connectivity index is 1.83. The molecule has 0 spiro atoms. The van der Waals surface area contributed by atoms with Crippen molar-refractivity contribution in [1.82, 2.24) is 4.90 Å². The van der Waals surface area contributed by atoms with Crippen molar-refractivity contribution in [2.45, 2.75) is 25.3 Å². The van der Waals surface area contributed by atoms with E-state index >= 15 is 0 Å². The molecule has 1 saturated carbocycles. The summed E-state index contributed by atoms with van der Waals surface area (Å²) < 4.78 is 5.66. The number of carboxylic acid groups (broad SMARTS) is 1. The van der Waals surface area contributed by atoms with E-state index in [1.807, 2.05) is 18.2 Å². The van der Waals surface area contributed by atoms with Crippen LogP contribution >= 0.6 is 0 Å². The molecule has 1 fully saturated rings. The van der Waals surface area contributed by atoms with Crippen molar-refractivity contribution < 1.29 is 14.6 Å². The third kappa shape index (κ3) is 2.89. The van der Waals surface area contributed by atoms with Gasteiger partial charge in [0.2, 0.25) is 0 Å². The molecule has 1 aromatic rings. The number of carboxylic acids is 1. The van der Waals surface area contributed by atoms with Crippen LogP contribution < -0.4 is 4.74 Å². The van der Waals surface area contributed by atoms with Gasteiger partial charge in [-0.3, -0.25) is 9.69 Å². The Labute approximate surface area is 113 Å². The molecule has 1 aliphatic heterocycles. The van der Waals surface area contributed by atoms with E-state index in [1.54, 1.807) is 0 Å².